The van der Waals surface area contributed by atoms with Crippen molar-refractivity contribution in [2.24, 2.45) is 0 Å². The first-order valence-electron chi connectivity index (χ1n) is 5.31. The summed E-state index contributed by atoms with van der Waals surface area (Å²) in [5.74, 6) is 1.59. The molecule has 0 aliphatic rings. The van der Waals surface area contributed by atoms with Gasteiger partial charge in [-0.25, -0.2) is 0 Å². The molecule has 0 saturated heterocycles. The van der Waals surface area contributed by atoms with Crippen molar-refractivity contribution < 1.29 is 4.74 Å². The quantitative estimate of drug-likeness (QED) is 0.746. The summed E-state index contributed by atoms with van der Waals surface area (Å²) in [6, 6.07) is 4.41. The van der Waals surface area contributed by atoms with E-state index in [1.165, 1.54) is 16.7 Å². The Balaban J connectivity index is 3.13. The molecule has 0 aliphatic carbocycles. The second kappa shape index (κ2) is 5.55. The average Bonchev–Trinajstić information content (AvgIpc) is 2.17. The van der Waals surface area contributed by atoms with Gasteiger partial charge in [0.15, 0.2) is 0 Å². The Hall–Kier alpha value is -0.500. The lowest BCUT2D eigenvalue weighted by Crippen LogP contribution is -2.01. The van der Waals surface area contributed by atoms with E-state index in [-0.39, 0.29) is 0 Å². The fraction of sp³-hybridized carbons (Fsp3) is 0.538. The van der Waals surface area contributed by atoms with E-state index in [1.54, 1.807) is 7.11 Å². The van der Waals surface area contributed by atoms with E-state index in [2.05, 4.69) is 48.8 Å². The number of alkyl halides is 1. The van der Waals surface area contributed by atoms with Crippen LogP contribution in [-0.2, 0) is 0 Å². The maximum atomic E-state index is 5.48. The summed E-state index contributed by atoms with van der Waals surface area (Å²) in [5, 5.41) is 1.03. The Morgan fingerprint density at radius 2 is 2.00 bits per heavy atom. The number of rotatable bonds is 4. The fourth-order valence-electron chi connectivity index (χ4n) is 1.95. The number of hydrogen-bond donors (Lipinski definition) is 0. The van der Waals surface area contributed by atoms with Gasteiger partial charge in [0, 0.05) is 5.33 Å². The van der Waals surface area contributed by atoms with E-state index < -0.39 is 0 Å². The molecule has 1 aromatic rings. The smallest absolute Gasteiger partial charge is 0.125 e. The van der Waals surface area contributed by atoms with E-state index in [9.17, 15) is 0 Å². The number of halogens is 1. The molecular formula is C13H19BrO. The van der Waals surface area contributed by atoms with Crippen LogP contribution in [0.5, 0.6) is 5.75 Å². The largest absolute Gasteiger partial charge is 0.496 e. The molecule has 0 fully saturated rings. The molecule has 0 N–H and O–H groups in total. The second-order valence-electron chi connectivity index (χ2n) is 4.08. The summed E-state index contributed by atoms with van der Waals surface area (Å²) in [6.07, 6.45) is 1.14. The third-order valence-electron chi connectivity index (χ3n) is 2.72. The highest BCUT2D eigenvalue weighted by Gasteiger charge is 2.13. The monoisotopic (exact) mass is 270 g/mol. The van der Waals surface area contributed by atoms with Crippen molar-refractivity contribution in [1.29, 1.82) is 0 Å². The third kappa shape index (κ3) is 2.97. The van der Waals surface area contributed by atoms with Crippen LogP contribution in [0.1, 0.15) is 36.0 Å². The van der Waals surface area contributed by atoms with Crippen molar-refractivity contribution >= 4 is 15.9 Å². The van der Waals surface area contributed by atoms with E-state index in [0.717, 1.165) is 17.5 Å². The van der Waals surface area contributed by atoms with Crippen LogP contribution in [-0.4, -0.2) is 12.4 Å². The number of hydrogen-bond acceptors (Lipinski definition) is 1. The summed E-state index contributed by atoms with van der Waals surface area (Å²) in [5.41, 5.74) is 3.87. The van der Waals surface area contributed by atoms with E-state index in [4.69, 9.17) is 4.74 Å². The Morgan fingerprint density at radius 3 is 2.53 bits per heavy atom. The lowest BCUT2D eigenvalue weighted by molar-refractivity contribution is 0.403. The number of ether oxygens (including phenoxy) is 1. The molecule has 1 nitrogen and oxygen atoms in total. The fourth-order valence-corrected chi connectivity index (χ4v) is 2.64. The molecule has 0 aromatic heterocycles. The van der Waals surface area contributed by atoms with Gasteiger partial charge >= 0.3 is 0 Å². The molecule has 0 radical (unpaired) electrons. The van der Waals surface area contributed by atoms with Gasteiger partial charge in [-0.1, -0.05) is 40.5 Å². The molecule has 1 rings (SSSR count). The zero-order valence-corrected chi connectivity index (χ0v) is 11.5. The van der Waals surface area contributed by atoms with Crippen molar-refractivity contribution in [2.75, 3.05) is 12.4 Å². The minimum absolute atomic E-state index is 0.540. The van der Waals surface area contributed by atoms with Crippen LogP contribution in [0.2, 0.25) is 0 Å². The van der Waals surface area contributed by atoms with Crippen molar-refractivity contribution in [3.05, 3.63) is 28.8 Å². The van der Waals surface area contributed by atoms with Crippen LogP contribution in [0.3, 0.4) is 0 Å². The Morgan fingerprint density at radius 1 is 1.33 bits per heavy atom. The standard InChI is InChI=1S/C13H19BrO/c1-9-7-11(3)13(15-4)12(8-9)10(2)5-6-14/h7-8,10H,5-6H2,1-4H3. The number of aryl methyl sites for hydroxylation is 2. The van der Waals surface area contributed by atoms with Crippen LogP contribution in [0.25, 0.3) is 0 Å². The van der Waals surface area contributed by atoms with Crippen molar-refractivity contribution in [3.8, 4) is 5.75 Å². The Labute approximate surface area is 101 Å². The van der Waals surface area contributed by atoms with Gasteiger partial charge in [0.2, 0.25) is 0 Å². The highest BCUT2D eigenvalue weighted by Crippen LogP contribution is 2.33. The third-order valence-corrected chi connectivity index (χ3v) is 3.18. The molecule has 0 heterocycles. The van der Waals surface area contributed by atoms with E-state index >= 15 is 0 Å². The first-order chi connectivity index (χ1) is 7.10. The van der Waals surface area contributed by atoms with Crippen LogP contribution in [0, 0.1) is 13.8 Å². The van der Waals surface area contributed by atoms with Crippen LogP contribution < -0.4 is 4.74 Å². The summed E-state index contributed by atoms with van der Waals surface area (Å²) in [6.45, 7) is 6.49. The molecule has 15 heavy (non-hydrogen) atoms. The average molecular weight is 271 g/mol. The SMILES string of the molecule is COc1c(C)cc(C)cc1C(C)CCBr. The van der Waals surface area contributed by atoms with Crippen molar-refractivity contribution in [2.45, 2.75) is 33.1 Å². The molecule has 84 valence electrons. The summed E-state index contributed by atoms with van der Waals surface area (Å²) in [4.78, 5) is 0. The normalized spacial score (nSPS) is 12.6. The molecule has 0 bridgehead atoms. The Bertz CT molecular complexity index is 334. The van der Waals surface area contributed by atoms with Gasteiger partial charge in [0.1, 0.15) is 5.75 Å². The first-order valence-corrected chi connectivity index (χ1v) is 6.43. The van der Waals surface area contributed by atoms with Gasteiger partial charge in [0.05, 0.1) is 7.11 Å². The van der Waals surface area contributed by atoms with Crippen LogP contribution >= 0.6 is 15.9 Å². The topological polar surface area (TPSA) is 9.23 Å². The van der Waals surface area contributed by atoms with Crippen LogP contribution in [0.4, 0.5) is 0 Å². The van der Waals surface area contributed by atoms with Crippen molar-refractivity contribution in [3.63, 3.8) is 0 Å². The number of benzene rings is 1. The molecule has 0 aliphatic heterocycles. The lowest BCUT2D eigenvalue weighted by Gasteiger charge is -2.17. The van der Waals surface area contributed by atoms with Gasteiger partial charge in [0.25, 0.3) is 0 Å². The first kappa shape index (κ1) is 12.6. The summed E-state index contributed by atoms with van der Waals surface area (Å²) < 4.78 is 5.48. The molecule has 0 saturated carbocycles. The van der Waals surface area contributed by atoms with Gasteiger partial charge in [-0.05, 0) is 37.3 Å². The molecule has 0 amide bonds. The second-order valence-corrected chi connectivity index (χ2v) is 4.88. The maximum Gasteiger partial charge on any atom is 0.125 e. The summed E-state index contributed by atoms with van der Waals surface area (Å²) in [7, 11) is 1.75. The van der Waals surface area contributed by atoms with Crippen LogP contribution in [0.15, 0.2) is 12.1 Å². The Kier molecular flexibility index (Phi) is 4.65. The van der Waals surface area contributed by atoms with Crippen molar-refractivity contribution in [1.82, 2.24) is 0 Å². The molecule has 0 spiro atoms. The minimum atomic E-state index is 0.540. The number of methoxy groups -OCH3 is 1. The predicted octanol–water partition coefficient (Wildman–Crippen LogP) is 4.20. The highest BCUT2D eigenvalue weighted by atomic mass is 79.9. The van der Waals surface area contributed by atoms with Gasteiger partial charge in [-0.3, -0.25) is 0 Å². The highest BCUT2D eigenvalue weighted by molar-refractivity contribution is 9.09. The molecule has 1 aromatic carbocycles. The zero-order valence-electron chi connectivity index (χ0n) is 9.93. The van der Waals surface area contributed by atoms with E-state index in [0.29, 0.717) is 5.92 Å². The summed E-state index contributed by atoms with van der Waals surface area (Å²) >= 11 is 3.49. The zero-order chi connectivity index (χ0) is 11.4. The lowest BCUT2D eigenvalue weighted by atomic mass is 9.94. The predicted molar refractivity (Wildman–Crippen MR) is 69.3 cm³/mol. The maximum absolute atomic E-state index is 5.48. The van der Waals surface area contributed by atoms with Gasteiger partial charge in [-0.2, -0.15) is 0 Å². The molecule has 1 unspecified atom stereocenters. The molecule has 2 heteroatoms. The van der Waals surface area contributed by atoms with Gasteiger partial charge in [-0.15, -0.1) is 0 Å². The minimum Gasteiger partial charge on any atom is -0.496 e. The van der Waals surface area contributed by atoms with E-state index in [1.807, 2.05) is 0 Å². The van der Waals surface area contributed by atoms with Gasteiger partial charge < -0.3 is 4.74 Å². The molecular weight excluding hydrogens is 252 g/mol. The molecule has 1 atom stereocenters.